The summed E-state index contributed by atoms with van der Waals surface area (Å²) in [6.07, 6.45) is 3.33. The van der Waals surface area contributed by atoms with Gasteiger partial charge in [-0.15, -0.1) is 0 Å². The molecule has 0 aromatic carbocycles. The fourth-order valence-electron chi connectivity index (χ4n) is 1.87. The first-order valence-electron chi connectivity index (χ1n) is 5.55. The molecule has 1 amide bonds. The number of carbonyl (C=O) groups excluding carboxylic acids is 1. The summed E-state index contributed by atoms with van der Waals surface area (Å²) in [5, 5.41) is 0. The second-order valence-corrected chi connectivity index (χ2v) is 4.32. The molecule has 1 aliphatic rings. The van der Waals surface area contributed by atoms with Crippen LogP contribution in [-0.2, 0) is 0 Å². The molecule has 4 nitrogen and oxygen atoms in total. The van der Waals surface area contributed by atoms with Crippen LogP contribution in [0, 0.1) is 5.92 Å². The summed E-state index contributed by atoms with van der Waals surface area (Å²) < 4.78 is 4.69. The van der Waals surface area contributed by atoms with Gasteiger partial charge in [0.05, 0.1) is 5.56 Å². The lowest BCUT2D eigenvalue weighted by atomic mass is 9.99. The Bertz CT molecular complexity index is 410. The fraction of sp³-hybridized carbons (Fsp3) is 0.500. The third-order valence-electron chi connectivity index (χ3n) is 3.02. The van der Waals surface area contributed by atoms with Crippen molar-refractivity contribution >= 4 is 5.91 Å². The molecule has 1 aliphatic heterocycles. The number of carbonyl (C=O) groups is 1. The highest BCUT2D eigenvalue weighted by molar-refractivity contribution is 5.93. The standard InChI is InChI=1S/C12H15NO3/c1-9-4-6-13(7-5-9)12(15)10-2-3-11(14)16-8-10/h2-3,8-9H,4-7H2,1H3. The molecule has 1 saturated heterocycles. The lowest BCUT2D eigenvalue weighted by Gasteiger charge is -2.30. The Labute approximate surface area is 93.9 Å². The number of hydrogen-bond donors (Lipinski definition) is 0. The summed E-state index contributed by atoms with van der Waals surface area (Å²) in [7, 11) is 0. The van der Waals surface area contributed by atoms with Gasteiger partial charge < -0.3 is 9.32 Å². The molecular weight excluding hydrogens is 206 g/mol. The van der Waals surface area contributed by atoms with Crippen LogP contribution in [0.4, 0.5) is 0 Å². The maximum absolute atomic E-state index is 12.0. The Kier molecular flexibility index (Phi) is 3.08. The molecule has 0 radical (unpaired) electrons. The summed E-state index contributed by atoms with van der Waals surface area (Å²) >= 11 is 0. The van der Waals surface area contributed by atoms with E-state index in [1.54, 1.807) is 0 Å². The Hall–Kier alpha value is -1.58. The summed E-state index contributed by atoms with van der Waals surface area (Å²) in [6.45, 7) is 3.78. The first-order chi connectivity index (χ1) is 7.66. The van der Waals surface area contributed by atoms with Crippen molar-refractivity contribution < 1.29 is 9.21 Å². The van der Waals surface area contributed by atoms with Crippen molar-refractivity contribution in [2.75, 3.05) is 13.1 Å². The molecule has 86 valence electrons. The predicted octanol–water partition coefficient (Wildman–Crippen LogP) is 1.51. The molecule has 16 heavy (non-hydrogen) atoms. The summed E-state index contributed by atoms with van der Waals surface area (Å²) in [4.78, 5) is 24.6. The first-order valence-corrected chi connectivity index (χ1v) is 5.55. The van der Waals surface area contributed by atoms with E-state index in [9.17, 15) is 9.59 Å². The zero-order valence-corrected chi connectivity index (χ0v) is 9.31. The quantitative estimate of drug-likeness (QED) is 0.722. The summed E-state index contributed by atoms with van der Waals surface area (Å²) in [5.41, 5.74) is 0.0259. The lowest BCUT2D eigenvalue weighted by Crippen LogP contribution is -2.37. The Morgan fingerprint density at radius 1 is 1.38 bits per heavy atom. The maximum atomic E-state index is 12.0. The highest BCUT2D eigenvalue weighted by Crippen LogP contribution is 2.17. The minimum atomic E-state index is -0.427. The Balaban J connectivity index is 2.07. The number of likely N-dealkylation sites (tertiary alicyclic amines) is 1. The first kappa shape index (κ1) is 10.9. The molecule has 1 fully saturated rings. The number of amides is 1. The van der Waals surface area contributed by atoms with E-state index >= 15 is 0 Å². The molecule has 0 N–H and O–H groups in total. The van der Waals surface area contributed by atoms with E-state index in [0.717, 1.165) is 25.9 Å². The number of hydrogen-bond acceptors (Lipinski definition) is 3. The Morgan fingerprint density at radius 2 is 2.06 bits per heavy atom. The van der Waals surface area contributed by atoms with E-state index < -0.39 is 5.63 Å². The zero-order valence-electron chi connectivity index (χ0n) is 9.31. The second-order valence-electron chi connectivity index (χ2n) is 4.32. The van der Waals surface area contributed by atoms with Crippen LogP contribution in [0.3, 0.4) is 0 Å². The second kappa shape index (κ2) is 4.51. The molecular formula is C12H15NO3. The van der Waals surface area contributed by atoms with Crippen molar-refractivity contribution in [1.29, 1.82) is 0 Å². The van der Waals surface area contributed by atoms with E-state index in [2.05, 4.69) is 11.3 Å². The molecule has 1 aromatic heterocycles. The van der Waals surface area contributed by atoms with Gasteiger partial charge in [0.25, 0.3) is 5.91 Å². The van der Waals surface area contributed by atoms with Gasteiger partial charge in [0.15, 0.2) is 0 Å². The molecule has 4 heteroatoms. The van der Waals surface area contributed by atoms with Gasteiger partial charge in [-0.1, -0.05) is 6.92 Å². The highest BCUT2D eigenvalue weighted by Gasteiger charge is 2.21. The topological polar surface area (TPSA) is 50.5 Å². The van der Waals surface area contributed by atoms with Crippen molar-refractivity contribution in [2.24, 2.45) is 5.92 Å². The summed E-state index contributed by atoms with van der Waals surface area (Å²) in [6, 6.07) is 2.80. The van der Waals surface area contributed by atoms with Crippen molar-refractivity contribution in [3.05, 3.63) is 34.4 Å². The van der Waals surface area contributed by atoms with Crippen molar-refractivity contribution in [2.45, 2.75) is 19.8 Å². The van der Waals surface area contributed by atoms with Crippen molar-refractivity contribution in [3.8, 4) is 0 Å². The minimum absolute atomic E-state index is 0.0457. The van der Waals surface area contributed by atoms with Crippen LogP contribution < -0.4 is 5.63 Å². The van der Waals surface area contributed by atoms with Gasteiger partial charge in [0.2, 0.25) is 0 Å². The van der Waals surface area contributed by atoms with Gasteiger partial charge in [0, 0.05) is 19.2 Å². The maximum Gasteiger partial charge on any atom is 0.335 e. The fourth-order valence-corrected chi connectivity index (χ4v) is 1.87. The zero-order chi connectivity index (χ0) is 11.5. The third kappa shape index (κ3) is 2.32. The summed E-state index contributed by atoms with van der Waals surface area (Å²) in [5.74, 6) is 0.647. The van der Waals surface area contributed by atoms with E-state index in [1.165, 1.54) is 18.4 Å². The van der Waals surface area contributed by atoms with Crippen LogP contribution in [0.2, 0.25) is 0 Å². The molecule has 0 aliphatic carbocycles. The van der Waals surface area contributed by atoms with Crippen LogP contribution in [0.25, 0.3) is 0 Å². The van der Waals surface area contributed by atoms with Crippen LogP contribution in [0.5, 0.6) is 0 Å². The molecule has 0 atom stereocenters. The number of nitrogens with zero attached hydrogens (tertiary/aromatic N) is 1. The van der Waals surface area contributed by atoms with Crippen molar-refractivity contribution in [3.63, 3.8) is 0 Å². The van der Waals surface area contributed by atoms with Crippen LogP contribution in [0.1, 0.15) is 30.1 Å². The van der Waals surface area contributed by atoms with E-state index in [-0.39, 0.29) is 5.91 Å². The normalized spacial score (nSPS) is 17.4. The molecule has 1 aromatic rings. The van der Waals surface area contributed by atoms with Gasteiger partial charge in [-0.05, 0) is 24.8 Å². The lowest BCUT2D eigenvalue weighted by molar-refractivity contribution is 0.0694. The van der Waals surface area contributed by atoms with Gasteiger partial charge in [-0.25, -0.2) is 4.79 Å². The minimum Gasteiger partial charge on any atom is -0.430 e. The Morgan fingerprint density at radius 3 is 2.62 bits per heavy atom. The van der Waals surface area contributed by atoms with E-state index in [4.69, 9.17) is 0 Å². The average Bonchev–Trinajstić information content (AvgIpc) is 2.30. The predicted molar refractivity (Wildman–Crippen MR) is 59.3 cm³/mol. The third-order valence-corrected chi connectivity index (χ3v) is 3.02. The van der Waals surface area contributed by atoms with Gasteiger partial charge in [-0.2, -0.15) is 0 Å². The molecule has 2 rings (SSSR count). The van der Waals surface area contributed by atoms with Gasteiger partial charge in [-0.3, -0.25) is 4.79 Å². The monoisotopic (exact) mass is 221 g/mol. The molecule has 0 bridgehead atoms. The van der Waals surface area contributed by atoms with Gasteiger partial charge in [0.1, 0.15) is 6.26 Å². The van der Waals surface area contributed by atoms with Crippen LogP contribution >= 0.6 is 0 Å². The van der Waals surface area contributed by atoms with Crippen LogP contribution in [-0.4, -0.2) is 23.9 Å². The highest BCUT2D eigenvalue weighted by atomic mass is 16.4. The van der Waals surface area contributed by atoms with E-state index in [0.29, 0.717) is 11.5 Å². The van der Waals surface area contributed by atoms with Crippen molar-refractivity contribution in [1.82, 2.24) is 4.90 Å². The molecule has 2 heterocycles. The largest absolute Gasteiger partial charge is 0.430 e. The molecule has 0 spiro atoms. The molecule has 0 unspecified atom stereocenters. The van der Waals surface area contributed by atoms with Gasteiger partial charge >= 0.3 is 5.63 Å². The number of rotatable bonds is 1. The average molecular weight is 221 g/mol. The van der Waals surface area contributed by atoms with E-state index in [1.807, 2.05) is 4.90 Å². The van der Waals surface area contributed by atoms with Crippen LogP contribution in [0.15, 0.2) is 27.6 Å². The molecule has 0 saturated carbocycles. The SMILES string of the molecule is CC1CCN(C(=O)c2ccc(=O)oc2)CC1. The number of piperidine rings is 1. The smallest absolute Gasteiger partial charge is 0.335 e.